The third kappa shape index (κ3) is 3.99. The van der Waals surface area contributed by atoms with Gasteiger partial charge in [0.1, 0.15) is 0 Å². The number of rotatable bonds is 3. The first kappa shape index (κ1) is 17.2. The molecular weight excluding hydrogens is 376 g/mol. The van der Waals surface area contributed by atoms with E-state index >= 15 is 0 Å². The molecule has 2 unspecified atom stereocenters. The molecule has 3 rings (SSSR count). The predicted molar refractivity (Wildman–Crippen MR) is 89.4 cm³/mol. The van der Waals surface area contributed by atoms with Crippen molar-refractivity contribution in [1.29, 1.82) is 0 Å². The lowest BCUT2D eigenvalue weighted by molar-refractivity contribution is 0.345. The average molecular weight is 396 g/mol. The molecule has 0 spiro atoms. The second kappa shape index (κ2) is 6.54. The summed E-state index contributed by atoms with van der Waals surface area (Å²) in [5.41, 5.74) is 0.935. The number of aryl methyl sites for hydroxylation is 1. The molecule has 21 heavy (non-hydrogen) atoms. The third-order valence-corrected chi connectivity index (χ3v) is 6.08. The topological polar surface area (TPSA) is 58.2 Å². The van der Waals surface area contributed by atoms with Crippen LogP contribution >= 0.6 is 28.3 Å². The quantitative estimate of drug-likeness (QED) is 0.827. The number of hydrogen-bond acceptors (Lipinski definition) is 3. The first-order valence-corrected chi connectivity index (χ1v) is 9.25. The van der Waals surface area contributed by atoms with Crippen molar-refractivity contribution in [3.63, 3.8) is 0 Å². The second-order valence-corrected chi connectivity index (χ2v) is 8.52. The lowest BCUT2D eigenvalue weighted by atomic mass is 10.0. The predicted octanol–water partition coefficient (Wildman–Crippen LogP) is 2.74. The highest BCUT2D eigenvalue weighted by atomic mass is 79.9. The fraction of sp³-hybridized carbons (Fsp3) is 0.571. The summed E-state index contributed by atoms with van der Waals surface area (Å²) in [6.07, 6.45) is 4.11. The molecule has 2 aliphatic heterocycles. The molecule has 0 radical (unpaired) electrons. The number of nitrogens with one attached hydrogen (secondary N) is 2. The minimum absolute atomic E-state index is 0. The molecule has 4 nitrogen and oxygen atoms in total. The highest BCUT2D eigenvalue weighted by Crippen LogP contribution is 2.28. The zero-order valence-corrected chi connectivity index (χ0v) is 15.0. The first-order chi connectivity index (χ1) is 9.42. The molecule has 2 aliphatic rings. The molecule has 2 atom stereocenters. The summed E-state index contributed by atoms with van der Waals surface area (Å²) >= 11 is 3.36. The van der Waals surface area contributed by atoms with Crippen LogP contribution in [0.3, 0.4) is 0 Å². The van der Waals surface area contributed by atoms with E-state index in [4.69, 9.17) is 0 Å². The third-order valence-electron chi connectivity index (χ3n) is 4.12. The van der Waals surface area contributed by atoms with Crippen LogP contribution in [-0.4, -0.2) is 26.5 Å². The van der Waals surface area contributed by atoms with Crippen LogP contribution < -0.4 is 10.0 Å². The van der Waals surface area contributed by atoms with Gasteiger partial charge in [0, 0.05) is 22.6 Å². The van der Waals surface area contributed by atoms with Gasteiger partial charge in [-0.1, -0.05) is 15.9 Å². The van der Waals surface area contributed by atoms with Crippen LogP contribution in [0, 0.1) is 6.92 Å². The molecule has 2 fully saturated rings. The molecule has 0 aliphatic carbocycles. The fourth-order valence-corrected chi connectivity index (χ4v) is 5.45. The van der Waals surface area contributed by atoms with Gasteiger partial charge in [0.05, 0.1) is 4.90 Å². The van der Waals surface area contributed by atoms with Crippen molar-refractivity contribution in [3.05, 3.63) is 28.2 Å². The van der Waals surface area contributed by atoms with Crippen molar-refractivity contribution < 1.29 is 8.42 Å². The van der Waals surface area contributed by atoms with Crippen LogP contribution in [0.4, 0.5) is 0 Å². The minimum atomic E-state index is -3.43. The Bertz CT molecular complexity index is 591. The summed E-state index contributed by atoms with van der Waals surface area (Å²) in [4.78, 5) is 0.343. The maximum absolute atomic E-state index is 12.5. The van der Waals surface area contributed by atoms with E-state index in [1.807, 2.05) is 13.0 Å². The Morgan fingerprint density at radius 3 is 2.38 bits per heavy atom. The number of hydrogen-bond donors (Lipinski definition) is 2. The van der Waals surface area contributed by atoms with Gasteiger partial charge in [0.25, 0.3) is 0 Å². The molecule has 1 aromatic rings. The van der Waals surface area contributed by atoms with E-state index in [1.54, 1.807) is 12.1 Å². The number of benzene rings is 1. The van der Waals surface area contributed by atoms with E-state index in [9.17, 15) is 8.42 Å². The highest BCUT2D eigenvalue weighted by molar-refractivity contribution is 9.10. The van der Waals surface area contributed by atoms with Gasteiger partial charge in [-0.15, -0.1) is 12.4 Å². The Labute approximate surface area is 140 Å². The van der Waals surface area contributed by atoms with Crippen molar-refractivity contribution in [3.8, 4) is 0 Å². The van der Waals surface area contributed by atoms with Crippen molar-refractivity contribution >= 4 is 38.4 Å². The van der Waals surface area contributed by atoms with Crippen LogP contribution in [0.2, 0.25) is 0 Å². The first-order valence-electron chi connectivity index (χ1n) is 6.98. The second-order valence-electron chi connectivity index (χ2n) is 5.89. The standard InChI is InChI=1S/C14H19BrN2O2S.ClH/c1-9-4-10(15)6-14(5-9)20(18,19)17-13-7-11-2-3-12(8-13)16-11;/h4-6,11-13,16-17H,2-3,7-8H2,1H3;1H. The lowest BCUT2D eigenvalue weighted by Crippen LogP contribution is -2.47. The molecule has 2 bridgehead atoms. The van der Waals surface area contributed by atoms with E-state index < -0.39 is 10.0 Å². The van der Waals surface area contributed by atoms with Crippen LogP contribution in [-0.2, 0) is 10.0 Å². The number of fused-ring (bicyclic) bond motifs is 2. The zero-order valence-electron chi connectivity index (χ0n) is 11.8. The molecular formula is C14H20BrClN2O2S. The van der Waals surface area contributed by atoms with Gasteiger partial charge >= 0.3 is 0 Å². The van der Waals surface area contributed by atoms with Gasteiger partial charge < -0.3 is 5.32 Å². The minimum Gasteiger partial charge on any atom is -0.311 e. The molecule has 2 saturated heterocycles. The normalized spacial score (nSPS) is 28.2. The van der Waals surface area contributed by atoms with Crippen molar-refractivity contribution in [2.75, 3.05) is 0 Å². The molecule has 2 N–H and O–H groups in total. The summed E-state index contributed by atoms with van der Waals surface area (Å²) in [5, 5.41) is 3.52. The number of sulfonamides is 1. The molecule has 2 heterocycles. The Balaban J connectivity index is 0.00000161. The molecule has 1 aromatic carbocycles. The Hall–Kier alpha value is -0.140. The summed E-state index contributed by atoms with van der Waals surface area (Å²) < 4.78 is 28.6. The van der Waals surface area contributed by atoms with Gasteiger partial charge in [0.15, 0.2) is 0 Å². The Morgan fingerprint density at radius 2 is 1.81 bits per heavy atom. The maximum atomic E-state index is 12.5. The Kier molecular flexibility index (Phi) is 5.36. The summed E-state index contributed by atoms with van der Waals surface area (Å²) in [7, 11) is -3.43. The average Bonchev–Trinajstić information content (AvgIpc) is 2.67. The van der Waals surface area contributed by atoms with Crippen LogP contribution in [0.1, 0.15) is 31.2 Å². The van der Waals surface area contributed by atoms with E-state index in [0.29, 0.717) is 17.0 Å². The Morgan fingerprint density at radius 1 is 1.19 bits per heavy atom. The van der Waals surface area contributed by atoms with Crippen LogP contribution in [0.25, 0.3) is 0 Å². The number of piperidine rings is 1. The van der Waals surface area contributed by atoms with E-state index in [2.05, 4.69) is 26.0 Å². The summed E-state index contributed by atoms with van der Waals surface area (Å²) in [6, 6.07) is 6.28. The summed E-state index contributed by atoms with van der Waals surface area (Å²) in [5.74, 6) is 0. The van der Waals surface area contributed by atoms with Gasteiger partial charge in [-0.2, -0.15) is 0 Å². The maximum Gasteiger partial charge on any atom is 0.240 e. The van der Waals surface area contributed by atoms with E-state index in [1.165, 1.54) is 12.8 Å². The molecule has 118 valence electrons. The SMILES string of the molecule is Cc1cc(Br)cc(S(=O)(=O)NC2CC3CCC(C2)N3)c1.Cl. The van der Waals surface area contributed by atoms with Gasteiger partial charge in [-0.3, -0.25) is 0 Å². The highest BCUT2D eigenvalue weighted by Gasteiger charge is 2.35. The van der Waals surface area contributed by atoms with Crippen molar-refractivity contribution in [1.82, 2.24) is 10.0 Å². The largest absolute Gasteiger partial charge is 0.311 e. The molecule has 0 aromatic heterocycles. The van der Waals surface area contributed by atoms with Gasteiger partial charge in [-0.05, 0) is 56.4 Å². The fourth-order valence-electron chi connectivity index (χ4n) is 3.30. The van der Waals surface area contributed by atoms with Crippen molar-refractivity contribution in [2.24, 2.45) is 0 Å². The van der Waals surface area contributed by atoms with E-state index in [0.717, 1.165) is 22.9 Å². The lowest BCUT2D eigenvalue weighted by Gasteiger charge is -2.29. The zero-order chi connectivity index (χ0) is 14.3. The van der Waals surface area contributed by atoms with Gasteiger partial charge in [0.2, 0.25) is 10.0 Å². The number of halogens is 2. The monoisotopic (exact) mass is 394 g/mol. The van der Waals surface area contributed by atoms with Crippen molar-refractivity contribution in [2.45, 2.75) is 55.6 Å². The molecule has 0 saturated carbocycles. The smallest absolute Gasteiger partial charge is 0.240 e. The molecule has 7 heteroatoms. The molecule has 0 amide bonds. The summed E-state index contributed by atoms with van der Waals surface area (Å²) in [6.45, 7) is 1.90. The van der Waals surface area contributed by atoms with Crippen LogP contribution in [0.5, 0.6) is 0 Å². The van der Waals surface area contributed by atoms with Gasteiger partial charge in [-0.25, -0.2) is 13.1 Å². The van der Waals surface area contributed by atoms with E-state index in [-0.39, 0.29) is 18.4 Å². The van der Waals surface area contributed by atoms with Crippen LogP contribution in [0.15, 0.2) is 27.6 Å².